The summed E-state index contributed by atoms with van der Waals surface area (Å²) >= 11 is 0. The van der Waals surface area contributed by atoms with E-state index < -0.39 is 8.07 Å². The van der Waals surface area contributed by atoms with Gasteiger partial charge in [0.1, 0.15) is 0 Å². The number of aliphatic hydroxyl groups is 1. The SMILES string of the molecule is CC(=O)/C=C(/C)O.Cc1[c-]c(-c2nccc3c2cnc2c([Si](C)(C)C)c(C)ccc23)cc(C)c1.[Ir]. The first kappa shape index (κ1) is 28.6. The minimum Gasteiger partial charge on any atom is -0.512 e. The van der Waals surface area contributed by atoms with Gasteiger partial charge in [0.25, 0.3) is 0 Å². The molecule has 35 heavy (non-hydrogen) atoms. The molecule has 1 radical (unpaired) electrons. The fourth-order valence-corrected chi connectivity index (χ4v) is 6.67. The van der Waals surface area contributed by atoms with Crippen LogP contribution in [0.4, 0.5) is 0 Å². The van der Waals surface area contributed by atoms with Gasteiger partial charge in [-0.3, -0.25) is 9.78 Å². The first-order valence-corrected chi connectivity index (χ1v) is 14.9. The van der Waals surface area contributed by atoms with Gasteiger partial charge >= 0.3 is 0 Å². The quantitative estimate of drug-likeness (QED) is 0.0868. The van der Waals surface area contributed by atoms with Crippen LogP contribution in [0.15, 0.2) is 54.6 Å². The standard InChI is InChI=1S/C24H25N2Si.C5H8O2.Ir/c1-15-11-16(2)13-18(12-15)22-21-14-26-23-20(19(21)9-10-25-22)8-7-17(3)24(23)27(4,5)6;1-4(6)3-5(2)7;/h7-12,14H,1-6H3;3,6H,1-2H3;/q-1;;/b;4-3-;. The van der Waals surface area contributed by atoms with Crippen molar-refractivity contribution in [1.82, 2.24) is 9.97 Å². The van der Waals surface area contributed by atoms with E-state index in [9.17, 15) is 4.79 Å². The molecule has 0 saturated heterocycles. The average molecular weight is 662 g/mol. The van der Waals surface area contributed by atoms with Crippen molar-refractivity contribution in [3.8, 4) is 11.3 Å². The number of rotatable bonds is 3. The van der Waals surface area contributed by atoms with Crippen LogP contribution in [0.1, 0.15) is 30.5 Å². The van der Waals surface area contributed by atoms with Crippen molar-refractivity contribution in [2.45, 2.75) is 54.3 Å². The summed E-state index contributed by atoms with van der Waals surface area (Å²) in [6, 6.07) is 14.4. The molecule has 6 heteroatoms. The van der Waals surface area contributed by atoms with Gasteiger partial charge in [-0.25, -0.2) is 0 Å². The van der Waals surface area contributed by atoms with Crippen LogP contribution in [0, 0.1) is 26.8 Å². The minimum atomic E-state index is -1.51. The van der Waals surface area contributed by atoms with E-state index in [1.165, 1.54) is 47.0 Å². The Morgan fingerprint density at radius 2 is 1.66 bits per heavy atom. The number of hydrogen-bond acceptors (Lipinski definition) is 4. The van der Waals surface area contributed by atoms with Crippen LogP contribution in [0.3, 0.4) is 0 Å². The van der Waals surface area contributed by atoms with Gasteiger partial charge in [-0.1, -0.05) is 45.6 Å². The summed E-state index contributed by atoms with van der Waals surface area (Å²) in [4.78, 5) is 19.7. The number of aromatic nitrogens is 2. The molecule has 2 heterocycles. The summed E-state index contributed by atoms with van der Waals surface area (Å²) < 4.78 is 0. The molecule has 0 unspecified atom stereocenters. The monoisotopic (exact) mass is 662 g/mol. The number of pyridine rings is 2. The minimum absolute atomic E-state index is 0. The second-order valence-electron chi connectivity index (χ2n) is 9.93. The molecule has 0 amide bonds. The van der Waals surface area contributed by atoms with Crippen molar-refractivity contribution in [2.75, 3.05) is 0 Å². The Kier molecular flexibility index (Phi) is 9.29. The average Bonchev–Trinajstić information content (AvgIpc) is 2.70. The Labute approximate surface area is 222 Å². The number of ketones is 1. The van der Waals surface area contributed by atoms with Gasteiger partial charge in [0.05, 0.1) is 19.3 Å². The maximum absolute atomic E-state index is 10.0. The summed E-state index contributed by atoms with van der Waals surface area (Å²) in [7, 11) is -1.51. The van der Waals surface area contributed by atoms with Gasteiger partial charge in [0.15, 0.2) is 5.78 Å². The van der Waals surface area contributed by atoms with Gasteiger partial charge in [-0.2, -0.15) is 0 Å². The summed E-state index contributed by atoms with van der Waals surface area (Å²) in [6.07, 6.45) is 5.09. The predicted octanol–water partition coefficient (Wildman–Crippen LogP) is 6.76. The van der Waals surface area contributed by atoms with E-state index in [0.717, 1.165) is 27.7 Å². The number of carbonyl (C=O) groups excluding carboxylic acids is 1. The van der Waals surface area contributed by atoms with Gasteiger partial charge < -0.3 is 10.1 Å². The van der Waals surface area contributed by atoms with Gasteiger partial charge in [0.2, 0.25) is 0 Å². The largest absolute Gasteiger partial charge is 0.512 e. The van der Waals surface area contributed by atoms with Crippen LogP contribution in [0.25, 0.3) is 32.9 Å². The van der Waals surface area contributed by atoms with Gasteiger partial charge in [0, 0.05) is 44.0 Å². The molecule has 0 fully saturated rings. The third kappa shape index (κ3) is 6.72. The number of aryl methyl sites for hydroxylation is 3. The number of nitrogens with zero attached hydrogens (tertiary/aromatic N) is 2. The maximum Gasteiger partial charge on any atom is 0.155 e. The molecule has 0 aliphatic carbocycles. The molecule has 0 spiro atoms. The van der Waals surface area contributed by atoms with E-state index in [4.69, 9.17) is 15.1 Å². The Morgan fingerprint density at radius 3 is 2.20 bits per heavy atom. The number of allylic oxidation sites excluding steroid dienone is 2. The fourth-order valence-electron chi connectivity index (χ4n) is 4.49. The molecular weight excluding hydrogens is 629 g/mol. The van der Waals surface area contributed by atoms with Crippen LogP contribution in [0.2, 0.25) is 19.6 Å². The molecule has 2 aromatic carbocycles. The van der Waals surface area contributed by atoms with Crippen LogP contribution < -0.4 is 5.19 Å². The van der Waals surface area contributed by atoms with Crippen molar-refractivity contribution in [1.29, 1.82) is 0 Å². The predicted molar refractivity (Wildman–Crippen MR) is 146 cm³/mol. The topological polar surface area (TPSA) is 63.1 Å². The smallest absolute Gasteiger partial charge is 0.155 e. The van der Waals surface area contributed by atoms with E-state index in [1.54, 1.807) is 0 Å². The number of carbonyl (C=O) groups is 1. The molecule has 2 aromatic heterocycles. The number of benzene rings is 2. The fraction of sp³-hybridized carbons (Fsp3) is 0.276. The van der Waals surface area contributed by atoms with Crippen molar-refractivity contribution >= 4 is 40.7 Å². The zero-order valence-corrected chi connectivity index (χ0v) is 25.1. The second-order valence-corrected chi connectivity index (χ2v) is 14.9. The number of aliphatic hydroxyl groups excluding tert-OH is 1. The summed E-state index contributed by atoms with van der Waals surface area (Å²) in [6.45, 7) is 16.4. The molecule has 4 rings (SSSR count). The van der Waals surface area contributed by atoms with Crippen LogP contribution in [-0.4, -0.2) is 28.9 Å². The van der Waals surface area contributed by atoms with Crippen LogP contribution in [-0.2, 0) is 24.9 Å². The molecule has 0 aliphatic rings. The number of hydrogen-bond donors (Lipinski definition) is 1. The molecule has 0 saturated carbocycles. The molecule has 0 atom stereocenters. The van der Waals surface area contributed by atoms with E-state index >= 15 is 0 Å². The van der Waals surface area contributed by atoms with Crippen molar-refractivity contribution in [2.24, 2.45) is 0 Å². The van der Waals surface area contributed by atoms with E-state index in [2.05, 4.69) is 76.8 Å². The molecule has 0 bridgehead atoms. The summed E-state index contributed by atoms with van der Waals surface area (Å²) in [5.41, 5.74) is 6.87. The second kappa shape index (κ2) is 11.4. The Balaban J connectivity index is 0.000000476. The number of fused-ring (bicyclic) bond motifs is 3. The summed E-state index contributed by atoms with van der Waals surface area (Å²) in [5.74, 6) is -0.0625. The van der Waals surface area contributed by atoms with Gasteiger partial charge in [-0.05, 0) is 54.1 Å². The maximum atomic E-state index is 10.0. The normalized spacial score (nSPS) is 11.6. The molecule has 0 aliphatic heterocycles. The van der Waals surface area contributed by atoms with Crippen molar-refractivity contribution < 1.29 is 30.0 Å². The molecule has 4 aromatic rings. The Bertz CT molecular complexity index is 1400. The zero-order valence-electron chi connectivity index (χ0n) is 21.7. The van der Waals surface area contributed by atoms with E-state index in [-0.39, 0.29) is 31.6 Å². The van der Waals surface area contributed by atoms with E-state index in [0.29, 0.717) is 0 Å². The Hall–Kier alpha value is -2.66. The van der Waals surface area contributed by atoms with Crippen LogP contribution >= 0.6 is 0 Å². The first-order chi connectivity index (χ1) is 15.9. The molecule has 4 nitrogen and oxygen atoms in total. The first-order valence-electron chi connectivity index (χ1n) is 11.4. The molecular formula is C29H33IrN2O2Si-. The van der Waals surface area contributed by atoms with E-state index in [1.807, 2.05) is 12.4 Å². The molecule has 1 N–H and O–H groups in total. The van der Waals surface area contributed by atoms with Crippen molar-refractivity contribution in [3.63, 3.8) is 0 Å². The van der Waals surface area contributed by atoms with Crippen molar-refractivity contribution in [3.05, 3.63) is 77.3 Å². The zero-order chi connectivity index (χ0) is 25.2. The summed E-state index contributed by atoms with van der Waals surface area (Å²) in [5, 5.41) is 13.4. The third-order valence-electron chi connectivity index (χ3n) is 5.55. The molecule has 185 valence electrons. The third-order valence-corrected chi connectivity index (χ3v) is 7.69. The Morgan fingerprint density at radius 1 is 0.971 bits per heavy atom. The van der Waals surface area contributed by atoms with Crippen LogP contribution in [0.5, 0.6) is 0 Å². The van der Waals surface area contributed by atoms with Gasteiger partial charge in [-0.15, -0.1) is 34.9 Å².